The number of nitrogens with one attached hydrogen (secondary N) is 1. The second-order valence-electron chi connectivity index (χ2n) is 8.98. The summed E-state index contributed by atoms with van der Waals surface area (Å²) in [5, 5.41) is 2.86. The molecule has 8 nitrogen and oxygen atoms in total. The highest BCUT2D eigenvalue weighted by Gasteiger charge is 2.45. The topological polar surface area (TPSA) is 96.0 Å². The number of benzene rings is 2. The van der Waals surface area contributed by atoms with Gasteiger partial charge in [0.25, 0.3) is 0 Å². The maximum Gasteiger partial charge on any atom is 0.243 e. The number of anilines is 1. The Labute approximate surface area is 194 Å². The molecule has 0 atom stereocenters. The van der Waals surface area contributed by atoms with Crippen LogP contribution in [0.1, 0.15) is 30.5 Å². The predicted octanol–water partition coefficient (Wildman–Crippen LogP) is 1.96. The molecular weight excluding hydrogens is 442 g/mol. The molecule has 1 saturated heterocycles. The summed E-state index contributed by atoms with van der Waals surface area (Å²) < 4.78 is 32.8. The van der Waals surface area contributed by atoms with Gasteiger partial charge >= 0.3 is 0 Å². The summed E-state index contributed by atoms with van der Waals surface area (Å²) in [5.74, 6) is -0.511. The number of fused-ring (bicyclic) bond motifs is 1. The van der Waals surface area contributed by atoms with E-state index < -0.39 is 15.4 Å². The van der Waals surface area contributed by atoms with Crippen LogP contribution >= 0.6 is 0 Å². The quantitative estimate of drug-likeness (QED) is 0.695. The van der Waals surface area contributed by atoms with Crippen LogP contribution in [0.2, 0.25) is 0 Å². The van der Waals surface area contributed by atoms with Crippen molar-refractivity contribution in [3.05, 3.63) is 59.2 Å². The number of sulfonamides is 1. The molecule has 176 valence electrons. The standard InChI is InChI=1S/C24H29N3O5S/c1-17-5-4-6-18(13-17)15-25-22(28)16-27-21-8-7-19(14-20(21)24(2,3)23(27)29)33(30,31)26-9-11-32-12-10-26/h4-8,13-14H,9-12,15-16H2,1-3H3,(H,25,28). The molecule has 0 bridgehead atoms. The lowest BCUT2D eigenvalue weighted by Gasteiger charge is -2.26. The van der Waals surface area contributed by atoms with E-state index in [2.05, 4.69) is 5.32 Å². The van der Waals surface area contributed by atoms with Crippen molar-refractivity contribution in [1.29, 1.82) is 0 Å². The highest BCUT2D eigenvalue weighted by molar-refractivity contribution is 7.89. The van der Waals surface area contributed by atoms with Crippen LogP contribution in [0.15, 0.2) is 47.4 Å². The first-order chi connectivity index (χ1) is 15.6. The largest absolute Gasteiger partial charge is 0.379 e. The maximum atomic E-state index is 13.2. The first-order valence-corrected chi connectivity index (χ1v) is 12.4. The van der Waals surface area contributed by atoms with Gasteiger partial charge in [0.15, 0.2) is 0 Å². The van der Waals surface area contributed by atoms with Gasteiger partial charge in [0.05, 0.1) is 23.5 Å². The molecule has 2 aromatic rings. The average molecular weight is 472 g/mol. The van der Waals surface area contributed by atoms with Crippen LogP contribution in [0.4, 0.5) is 5.69 Å². The number of morpholine rings is 1. The molecule has 33 heavy (non-hydrogen) atoms. The Morgan fingerprint density at radius 1 is 1.12 bits per heavy atom. The summed E-state index contributed by atoms with van der Waals surface area (Å²) in [5.41, 5.74) is 2.32. The van der Waals surface area contributed by atoms with Gasteiger partial charge in [0, 0.05) is 25.3 Å². The van der Waals surface area contributed by atoms with Crippen molar-refractivity contribution >= 4 is 27.5 Å². The third kappa shape index (κ3) is 4.53. The third-order valence-electron chi connectivity index (χ3n) is 6.19. The summed E-state index contributed by atoms with van der Waals surface area (Å²) in [4.78, 5) is 27.4. The zero-order valence-corrected chi connectivity index (χ0v) is 19.9. The van der Waals surface area contributed by atoms with Crippen molar-refractivity contribution in [3.8, 4) is 0 Å². The van der Waals surface area contributed by atoms with E-state index in [9.17, 15) is 18.0 Å². The van der Waals surface area contributed by atoms with Gasteiger partial charge in [-0.2, -0.15) is 4.31 Å². The molecule has 2 aromatic carbocycles. The van der Waals surface area contributed by atoms with E-state index in [1.54, 1.807) is 26.0 Å². The minimum absolute atomic E-state index is 0.128. The lowest BCUT2D eigenvalue weighted by atomic mass is 9.86. The number of rotatable bonds is 6. The fourth-order valence-corrected chi connectivity index (χ4v) is 5.72. The Morgan fingerprint density at radius 2 is 1.85 bits per heavy atom. The van der Waals surface area contributed by atoms with Crippen molar-refractivity contribution < 1.29 is 22.7 Å². The van der Waals surface area contributed by atoms with Gasteiger partial charge in [0.2, 0.25) is 21.8 Å². The molecule has 1 N–H and O–H groups in total. The van der Waals surface area contributed by atoms with Crippen molar-refractivity contribution in [3.63, 3.8) is 0 Å². The lowest BCUT2D eigenvalue weighted by Crippen LogP contribution is -2.42. The fraction of sp³-hybridized carbons (Fsp3) is 0.417. The van der Waals surface area contributed by atoms with Gasteiger partial charge in [-0.25, -0.2) is 8.42 Å². The number of nitrogens with zero attached hydrogens (tertiary/aromatic N) is 2. The third-order valence-corrected chi connectivity index (χ3v) is 8.09. The Hall–Kier alpha value is -2.75. The number of amides is 2. The molecule has 4 rings (SSSR count). The first-order valence-electron chi connectivity index (χ1n) is 11.0. The van der Waals surface area contributed by atoms with E-state index in [1.807, 2.05) is 31.2 Å². The van der Waals surface area contributed by atoms with Crippen molar-refractivity contribution in [2.75, 3.05) is 37.7 Å². The van der Waals surface area contributed by atoms with Crippen LogP contribution in [0, 0.1) is 6.92 Å². The molecule has 0 aromatic heterocycles. The zero-order chi connectivity index (χ0) is 23.8. The van der Waals surface area contributed by atoms with Crippen LogP contribution in [-0.4, -0.2) is 57.4 Å². The Morgan fingerprint density at radius 3 is 2.55 bits per heavy atom. The van der Waals surface area contributed by atoms with Gasteiger partial charge in [-0.3, -0.25) is 9.59 Å². The van der Waals surface area contributed by atoms with Crippen LogP contribution in [-0.2, 0) is 36.3 Å². The number of carbonyl (C=O) groups excluding carboxylic acids is 2. The van der Waals surface area contributed by atoms with Crippen molar-refractivity contribution in [1.82, 2.24) is 9.62 Å². The average Bonchev–Trinajstić information content (AvgIpc) is 2.98. The summed E-state index contributed by atoms with van der Waals surface area (Å²) in [7, 11) is -3.69. The summed E-state index contributed by atoms with van der Waals surface area (Å²) >= 11 is 0. The molecule has 0 saturated carbocycles. The second kappa shape index (κ2) is 8.89. The number of ether oxygens (including phenoxy) is 1. The highest BCUT2D eigenvalue weighted by atomic mass is 32.2. The second-order valence-corrected chi connectivity index (χ2v) is 10.9. The number of carbonyl (C=O) groups is 2. The Bertz CT molecular complexity index is 1190. The minimum atomic E-state index is -3.69. The predicted molar refractivity (Wildman–Crippen MR) is 124 cm³/mol. The van der Waals surface area contributed by atoms with Gasteiger partial charge in [-0.1, -0.05) is 29.8 Å². The molecule has 0 aliphatic carbocycles. The van der Waals surface area contributed by atoms with E-state index in [0.717, 1.165) is 11.1 Å². The van der Waals surface area contributed by atoms with Gasteiger partial charge in [-0.05, 0) is 50.1 Å². The molecule has 0 unspecified atom stereocenters. The van der Waals surface area contributed by atoms with E-state index in [0.29, 0.717) is 44.1 Å². The monoisotopic (exact) mass is 471 g/mol. The summed E-state index contributed by atoms with van der Waals surface area (Å²) in [6.07, 6.45) is 0. The van der Waals surface area contributed by atoms with E-state index in [1.165, 1.54) is 15.3 Å². The van der Waals surface area contributed by atoms with Gasteiger partial charge < -0.3 is 15.0 Å². The molecule has 0 spiro atoms. The summed E-state index contributed by atoms with van der Waals surface area (Å²) in [6, 6.07) is 12.6. The normalized spacial score (nSPS) is 18.3. The number of hydrogen-bond acceptors (Lipinski definition) is 5. The molecule has 1 fully saturated rings. The lowest BCUT2D eigenvalue weighted by molar-refractivity contribution is -0.125. The van der Waals surface area contributed by atoms with Crippen molar-refractivity contribution in [2.45, 2.75) is 37.6 Å². The van der Waals surface area contributed by atoms with Gasteiger partial charge in [-0.15, -0.1) is 0 Å². The molecule has 9 heteroatoms. The van der Waals surface area contributed by atoms with Crippen LogP contribution in [0.25, 0.3) is 0 Å². The van der Waals surface area contributed by atoms with Gasteiger partial charge in [0.1, 0.15) is 6.54 Å². The summed E-state index contributed by atoms with van der Waals surface area (Å²) in [6.45, 7) is 7.06. The first kappa shape index (κ1) is 23.4. The Balaban J connectivity index is 1.54. The number of hydrogen-bond donors (Lipinski definition) is 1. The molecular formula is C24H29N3O5S. The van der Waals surface area contributed by atoms with E-state index in [4.69, 9.17) is 4.74 Å². The Kier molecular flexibility index (Phi) is 6.30. The highest BCUT2D eigenvalue weighted by Crippen LogP contribution is 2.42. The molecule has 0 radical (unpaired) electrons. The van der Waals surface area contributed by atoms with E-state index >= 15 is 0 Å². The van der Waals surface area contributed by atoms with Crippen LogP contribution in [0.3, 0.4) is 0 Å². The smallest absolute Gasteiger partial charge is 0.243 e. The van der Waals surface area contributed by atoms with E-state index in [-0.39, 0.29) is 23.3 Å². The SMILES string of the molecule is Cc1cccc(CNC(=O)CN2C(=O)C(C)(C)c3cc(S(=O)(=O)N4CCOCC4)ccc32)c1. The fourth-order valence-electron chi connectivity index (χ4n) is 4.29. The number of aryl methyl sites for hydroxylation is 1. The minimum Gasteiger partial charge on any atom is -0.379 e. The van der Waals surface area contributed by atoms with Crippen LogP contribution in [0.5, 0.6) is 0 Å². The molecule has 2 aliphatic heterocycles. The molecule has 2 aliphatic rings. The van der Waals surface area contributed by atoms with Crippen molar-refractivity contribution in [2.24, 2.45) is 0 Å². The molecule has 2 heterocycles. The maximum absolute atomic E-state index is 13.2. The van der Waals surface area contributed by atoms with Crippen LogP contribution < -0.4 is 10.2 Å². The molecule has 2 amide bonds. The zero-order valence-electron chi connectivity index (χ0n) is 19.1.